The van der Waals surface area contributed by atoms with Gasteiger partial charge in [-0.25, -0.2) is 0 Å². The average Bonchev–Trinajstić information content (AvgIpc) is 2.75. The van der Waals surface area contributed by atoms with E-state index < -0.39 is 0 Å². The third-order valence-electron chi connectivity index (χ3n) is 1.29. The number of carboxylic acid groups (broad SMARTS) is 1. The molecule has 1 N–H and O–H groups in total. The van der Waals surface area contributed by atoms with Gasteiger partial charge < -0.3 is 10.0 Å². The van der Waals surface area contributed by atoms with Crippen molar-refractivity contribution in [1.82, 2.24) is 4.90 Å². The highest BCUT2D eigenvalue weighted by molar-refractivity contribution is 5.47. The first-order valence-electron chi connectivity index (χ1n) is 5.53. The highest BCUT2D eigenvalue weighted by atomic mass is 16.3. The Morgan fingerprint density at radius 2 is 1.40 bits per heavy atom. The number of likely N-dealkylation sites (tertiary alicyclic amines) is 1. The number of rotatable bonds is 1. The molecular weight excluding hydrogens is 194 g/mol. The smallest absolute Gasteiger partial charge is 0.290 e. The standard InChI is InChI=1S/C5H9NO.C3H8.C2H6.CH2O2/c7-5-6-3-1-2-4-6;1-3-2;1-2;2-1-3/h5H,1-4H2;3H2,1-2H3;1-2H3;1H,(H,2,3). The molecule has 1 saturated heterocycles. The maximum atomic E-state index is 9.93. The lowest BCUT2D eigenvalue weighted by atomic mass is 10.4. The molecule has 0 atom stereocenters. The number of hydrogen-bond acceptors (Lipinski definition) is 2. The molecule has 4 nitrogen and oxygen atoms in total. The average molecular weight is 219 g/mol. The van der Waals surface area contributed by atoms with Crippen molar-refractivity contribution in [2.24, 2.45) is 0 Å². The largest absolute Gasteiger partial charge is 0.483 e. The van der Waals surface area contributed by atoms with E-state index in [-0.39, 0.29) is 6.47 Å². The molecule has 1 fully saturated rings. The minimum absolute atomic E-state index is 0.250. The Kier molecular flexibility index (Phi) is 30.0. The van der Waals surface area contributed by atoms with Gasteiger partial charge in [0.1, 0.15) is 0 Å². The number of amides is 1. The summed E-state index contributed by atoms with van der Waals surface area (Å²) in [5.74, 6) is 0. The predicted molar refractivity (Wildman–Crippen MR) is 62.9 cm³/mol. The first-order chi connectivity index (χ1) is 7.26. The topological polar surface area (TPSA) is 57.6 Å². The Labute approximate surface area is 93.3 Å². The molecule has 1 aliphatic rings. The summed E-state index contributed by atoms with van der Waals surface area (Å²) >= 11 is 0. The van der Waals surface area contributed by atoms with Gasteiger partial charge in [-0.1, -0.05) is 34.1 Å². The van der Waals surface area contributed by atoms with Gasteiger partial charge in [0.25, 0.3) is 6.47 Å². The Balaban J connectivity index is -0.000000154. The van der Waals surface area contributed by atoms with Gasteiger partial charge in [0.05, 0.1) is 0 Å². The molecular formula is C11H25NO3. The van der Waals surface area contributed by atoms with Gasteiger partial charge in [0.2, 0.25) is 6.41 Å². The van der Waals surface area contributed by atoms with E-state index in [4.69, 9.17) is 9.90 Å². The summed E-state index contributed by atoms with van der Waals surface area (Å²) in [5.41, 5.74) is 0. The molecule has 0 unspecified atom stereocenters. The maximum absolute atomic E-state index is 9.93. The van der Waals surface area contributed by atoms with Crippen LogP contribution in [0.2, 0.25) is 0 Å². The monoisotopic (exact) mass is 219 g/mol. The number of hydrogen-bond donors (Lipinski definition) is 1. The summed E-state index contributed by atoms with van der Waals surface area (Å²) in [6, 6.07) is 0. The van der Waals surface area contributed by atoms with E-state index in [1.54, 1.807) is 4.90 Å². The molecule has 0 radical (unpaired) electrons. The summed E-state index contributed by atoms with van der Waals surface area (Å²) in [6.07, 6.45) is 4.56. The normalized spacial score (nSPS) is 11.9. The molecule has 0 aromatic rings. The van der Waals surface area contributed by atoms with Crippen molar-refractivity contribution in [2.75, 3.05) is 13.1 Å². The van der Waals surface area contributed by atoms with Crippen molar-refractivity contribution in [3.63, 3.8) is 0 Å². The van der Waals surface area contributed by atoms with Gasteiger partial charge in [-0.2, -0.15) is 0 Å². The van der Waals surface area contributed by atoms with Gasteiger partial charge in [-0.15, -0.1) is 0 Å². The van der Waals surface area contributed by atoms with Crippen LogP contribution >= 0.6 is 0 Å². The molecule has 1 rings (SSSR count). The van der Waals surface area contributed by atoms with Gasteiger partial charge >= 0.3 is 0 Å². The summed E-state index contributed by atoms with van der Waals surface area (Å²) < 4.78 is 0. The van der Waals surface area contributed by atoms with E-state index in [2.05, 4.69) is 13.8 Å². The second-order valence-electron chi connectivity index (χ2n) is 2.66. The van der Waals surface area contributed by atoms with E-state index in [1.807, 2.05) is 13.8 Å². The van der Waals surface area contributed by atoms with Gasteiger partial charge in [-0.3, -0.25) is 9.59 Å². The fourth-order valence-electron chi connectivity index (χ4n) is 0.847. The number of carbonyl (C=O) groups is 2. The van der Waals surface area contributed by atoms with Crippen LogP contribution in [-0.4, -0.2) is 36.0 Å². The van der Waals surface area contributed by atoms with Gasteiger partial charge in [0, 0.05) is 13.1 Å². The third-order valence-corrected chi connectivity index (χ3v) is 1.29. The van der Waals surface area contributed by atoms with E-state index in [0.29, 0.717) is 0 Å². The maximum Gasteiger partial charge on any atom is 0.290 e. The molecule has 0 aromatic heterocycles. The molecule has 4 heteroatoms. The van der Waals surface area contributed by atoms with Crippen molar-refractivity contribution in [2.45, 2.75) is 47.0 Å². The Morgan fingerprint density at radius 1 is 1.13 bits per heavy atom. The number of carbonyl (C=O) groups excluding carboxylic acids is 1. The second kappa shape index (κ2) is 23.1. The first-order valence-corrected chi connectivity index (χ1v) is 5.53. The molecule has 92 valence electrons. The second-order valence-corrected chi connectivity index (χ2v) is 2.66. The highest BCUT2D eigenvalue weighted by Gasteiger charge is 2.06. The number of nitrogens with zero attached hydrogens (tertiary/aromatic N) is 1. The third kappa shape index (κ3) is 24.6. The van der Waals surface area contributed by atoms with Crippen LogP contribution in [-0.2, 0) is 9.59 Å². The summed E-state index contributed by atoms with van der Waals surface area (Å²) in [4.78, 5) is 20.1. The van der Waals surface area contributed by atoms with Gasteiger partial charge in [-0.05, 0) is 12.8 Å². The fourth-order valence-corrected chi connectivity index (χ4v) is 0.847. The van der Waals surface area contributed by atoms with E-state index in [1.165, 1.54) is 19.3 Å². The fraction of sp³-hybridized carbons (Fsp3) is 0.818. The zero-order valence-electron chi connectivity index (χ0n) is 10.4. The molecule has 1 aliphatic heterocycles. The van der Waals surface area contributed by atoms with Crippen LogP contribution in [0.3, 0.4) is 0 Å². The van der Waals surface area contributed by atoms with Crippen molar-refractivity contribution in [3.8, 4) is 0 Å². The minimum atomic E-state index is -0.250. The zero-order valence-corrected chi connectivity index (χ0v) is 10.4. The van der Waals surface area contributed by atoms with Crippen molar-refractivity contribution >= 4 is 12.9 Å². The van der Waals surface area contributed by atoms with Crippen LogP contribution in [0, 0.1) is 0 Å². The molecule has 0 aromatic carbocycles. The van der Waals surface area contributed by atoms with Gasteiger partial charge in [0.15, 0.2) is 0 Å². The Morgan fingerprint density at radius 3 is 1.53 bits per heavy atom. The predicted octanol–water partition coefficient (Wildman–Crippen LogP) is 2.38. The molecule has 0 bridgehead atoms. The van der Waals surface area contributed by atoms with E-state index in [9.17, 15) is 4.79 Å². The lowest BCUT2D eigenvalue weighted by Crippen LogP contribution is -2.15. The zero-order chi connectivity index (χ0) is 12.5. The Bertz CT molecular complexity index is 112. The van der Waals surface area contributed by atoms with Crippen LogP contribution in [0.5, 0.6) is 0 Å². The summed E-state index contributed by atoms with van der Waals surface area (Å²) in [5, 5.41) is 6.89. The molecule has 0 saturated carbocycles. The Hall–Kier alpha value is -1.06. The first kappa shape index (κ1) is 19.5. The van der Waals surface area contributed by atoms with Crippen LogP contribution in [0.1, 0.15) is 47.0 Å². The van der Waals surface area contributed by atoms with E-state index in [0.717, 1.165) is 19.5 Å². The molecule has 15 heavy (non-hydrogen) atoms. The lowest BCUT2D eigenvalue weighted by Gasteiger charge is -2.03. The van der Waals surface area contributed by atoms with Crippen molar-refractivity contribution < 1.29 is 14.7 Å². The molecule has 1 heterocycles. The van der Waals surface area contributed by atoms with Crippen molar-refractivity contribution in [1.29, 1.82) is 0 Å². The quantitative estimate of drug-likeness (QED) is 0.689. The van der Waals surface area contributed by atoms with Crippen LogP contribution in [0.25, 0.3) is 0 Å². The van der Waals surface area contributed by atoms with Crippen LogP contribution < -0.4 is 0 Å². The summed E-state index contributed by atoms with van der Waals surface area (Å²) in [6.45, 7) is 9.95. The SMILES string of the molecule is CC.CCC.O=CN1CCCC1.O=CO. The molecule has 1 amide bonds. The van der Waals surface area contributed by atoms with E-state index >= 15 is 0 Å². The molecule has 0 aliphatic carbocycles. The highest BCUT2D eigenvalue weighted by Crippen LogP contribution is 2.02. The lowest BCUT2D eigenvalue weighted by molar-refractivity contribution is -0.123. The summed E-state index contributed by atoms with van der Waals surface area (Å²) in [7, 11) is 0. The molecule has 0 spiro atoms. The minimum Gasteiger partial charge on any atom is -0.483 e. The van der Waals surface area contributed by atoms with Crippen LogP contribution in [0.4, 0.5) is 0 Å². The van der Waals surface area contributed by atoms with Crippen LogP contribution in [0.15, 0.2) is 0 Å². The van der Waals surface area contributed by atoms with Crippen molar-refractivity contribution in [3.05, 3.63) is 0 Å².